The van der Waals surface area contributed by atoms with Crippen LogP contribution < -0.4 is 5.32 Å². The smallest absolute Gasteiger partial charge is 0.322 e. The molecule has 1 aromatic rings. The van der Waals surface area contributed by atoms with Crippen molar-refractivity contribution in [2.75, 3.05) is 6.54 Å². The first-order valence-corrected chi connectivity index (χ1v) is 7.22. The summed E-state index contributed by atoms with van der Waals surface area (Å²) in [5.74, 6) is -0.554. The van der Waals surface area contributed by atoms with E-state index in [0.717, 1.165) is 25.7 Å². The summed E-state index contributed by atoms with van der Waals surface area (Å²) in [6, 6.07) is 0. The van der Waals surface area contributed by atoms with Crippen LogP contribution in [-0.4, -0.2) is 38.8 Å². The molecule has 1 aliphatic carbocycles. The van der Waals surface area contributed by atoms with Crippen LogP contribution in [0.5, 0.6) is 0 Å². The highest BCUT2D eigenvalue weighted by atomic mass is 16.6. The molecule has 21 heavy (non-hydrogen) atoms. The van der Waals surface area contributed by atoms with Gasteiger partial charge in [-0.15, -0.1) is 0 Å². The molecule has 8 heteroatoms. The van der Waals surface area contributed by atoms with Gasteiger partial charge in [-0.3, -0.25) is 20.0 Å². The highest BCUT2D eigenvalue weighted by molar-refractivity contribution is 5.96. The summed E-state index contributed by atoms with van der Waals surface area (Å²) in [5.41, 5.74) is -0.0641. The van der Waals surface area contributed by atoms with Gasteiger partial charge < -0.3 is 10.4 Å². The van der Waals surface area contributed by atoms with Crippen LogP contribution in [0.25, 0.3) is 0 Å². The largest absolute Gasteiger partial charge is 0.393 e. The molecule has 8 nitrogen and oxygen atoms in total. The Balaban J connectivity index is 2.06. The van der Waals surface area contributed by atoms with E-state index in [4.69, 9.17) is 0 Å². The predicted molar refractivity (Wildman–Crippen MR) is 74.9 cm³/mol. The van der Waals surface area contributed by atoms with E-state index in [9.17, 15) is 20.0 Å². The summed E-state index contributed by atoms with van der Waals surface area (Å²) in [4.78, 5) is 22.6. The van der Waals surface area contributed by atoms with Crippen molar-refractivity contribution in [3.8, 4) is 0 Å². The number of carbonyl (C=O) groups is 1. The summed E-state index contributed by atoms with van der Waals surface area (Å²) >= 11 is 0. The second kappa shape index (κ2) is 6.66. The van der Waals surface area contributed by atoms with Gasteiger partial charge in [0.05, 0.1) is 11.0 Å². The van der Waals surface area contributed by atoms with Crippen LogP contribution >= 0.6 is 0 Å². The number of aliphatic hydroxyl groups excluding tert-OH is 1. The molecule has 0 saturated heterocycles. The molecule has 0 spiro atoms. The Hall–Kier alpha value is -1.96. The number of nitro groups is 1. The number of hydrogen-bond donors (Lipinski definition) is 3. The number of aliphatic hydroxyl groups is 1. The van der Waals surface area contributed by atoms with Crippen molar-refractivity contribution in [3.05, 3.63) is 21.5 Å². The lowest BCUT2D eigenvalue weighted by molar-refractivity contribution is -0.385. The lowest BCUT2D eigenvalue weighted by Gasteiger charge is -2.14. The molecular weight excluding hydrogens is 276 g/mol. The SMILES string of the molecule is CCCc1[nH]nc(C(=O)NCC2CCCC2O)c1[N+](=O)[O-]. The van der Waals surface area contributed by atoms with E-state index in [1.165, 1.54) is 0 Å². The van der Waals surface area contributed by atoms with Crippen molar-refractivity contribution < 1.29 is 14.8 Å². The van der Waals surface area contributed by atoms with Crippen LogP contribution in [0.15, 0.2) is 0 Å². The fourth-order valence-corrected chi connectivity index (χ4v) is 2.71. The van der Waals surface area contributed by atoms with E-state index < -0.39 is 16.9 Å². The van der Waals surface area contributed by atoms with Crippen molar-refractivity contribution in [2.45, 2.75) is 45.1 Å². The molecule has 2 unspecified atom stereocenters. The fourth-order valence-electron chi connectivity index (χ4n) is 2.71. The molecule has 0 bridgehead atoms. The highest BCUT2D eigenvalue weighted by Gasteiger charge is 2.30. The molecule has 1 saturated carbocycles. The molecule has 1 fully saturated rings. The van der Waals surface area contributed by atoms with Gasteiger partial charge in [-0.05, 0) is 19.3 Å². The van der Waals surface area contributed by atoms with Gasteiger partial charge in [-0.2, -0.15) is 5.10 Å². The van der Waals surface area contributed by atoms with E-state index in [2.05, 4.69) is 15.5 Å². The average molecular weight is 296 g/mol. The lowest BCUT2D eigenvalue weighted by Crippen LogP contribution is -2.33. The number of aromatic amines is 1. The molecule has 0 radical (unpaired) electrons. The van der Waals surface area contributed by atoms with Crippen LogP contribution in [0.2, 0.25) is 0 Å². The number of rotatable bonds is 6. The number of amides is 1. The van der Waals surface area contributed by atoms with Crippen molar-refractivity contribution in [1.82, 2.24) is 15.5 Å². The molecule has 2 atom stereocenters. The highest BCUT2D eigenvalue weighted by Crippen LogP contribution is 2.25. The quantitative estimate of drug-likeness (QED) is 0.537. The molecule has 1 amide bonds. The second-order valence-electron chi connectivity index (χ2n) is 5.37. The molecule has 116 valence electrons. The minimum atomic E-state index is -0.576. The Labute approximate surface area is 122 Å². The first-order chi connectivity index (χ1) is 10.0. The third-order valence-corrected chi connectivity index (χ3v) is 3.85. The predicted octanol–water partition coefficient (Wildman–Crippen LogP) is 1.16. The summed E-state index contributed by atoms with van der Waals surface area (Å²) in [6.07, 6.45) is 3.31. The monoisotopic (exact) mass is 296 g/mol. The third-order valence-electron chi connectivity index (χ3n) is 3.85. The van der Waals surface area contributed by atoms with Gasteiger partial charge in [0.1, 0.15) is 5.69 Å². The Morgan fingerprint density at radius 2 is 2.33 bits per heavy atom. The Bertz CT molecular complexity index is 528. The van der Waals surface area contributed by atoms with Crippen molar-refractivity contribution in [2.24, 2.45) is 5.92 Å². The van der Waals surface area contributed by atoms with E-state index in [-0.39, 0.29) is 17.3 Å². The Morgan fingerprint density at radius 3 is 2.90 bits per heavy atom. The van der Waals surface area contributed by atoms with Gasteiger partial charge >= 0.3 is 5.69 Å². The standard InChI is InChI=1S/C13H20N4O4/c1-2-4-9-12(17(20)21)11(16-15-9)13(19)14-7-8-5-3-6-10(8)18/h8,10,18H,2-7H2,1H3,(H,14,19)(H,15,16). The number of aryl methyl sites for hydroxylation is 1. The first kappa shape index (κ1) is 15.4. The van der Waals surface area contributed by atoms with E-state index in [0.29, 0.717) is 18.7 Å². The number of H-pyrrole nitrogens is 1. The fraction of sp³-hybridized carbons (Fsp3) is 0.692. The van der Waals surface area contributed by atoms with E-state index >= 15 is 0 Å². The molecule has 1 aromatic heterocycles. The van der Waals surface area contributed by atoms with Gasteiger partial charge in [0.15, 0.2) is 0 Å². The summed E-state index contributed by atoms with van der Waals surface area (Å²) < 4.78 is 0. The van der Waals surface area contributed by atoms with Crippen LogP contribution in [0.4, 0.5) is 5.69 Å². The molecule has 0 aliphatic heterocycles. The van der Waals surface area contributed by atoms with Crippen molar-refractivity contribution in [1.29, 1.82) is 0 Å². The van der Waals surface area contributed by atoms with Gasteiger partial charge in [0.2, 0.25) is 5.69 Å². The van der Waals surface area contributed by atoms with Gasteiger partial charge in [-0.1, -0.05) is 19.8 Å². The lowest BCUT2D eigenvalue weighted by atomic mass is 10.1. The minimum Gasteiger partial charge on any atom is -0.393 e. The number of nitrogens with zero attached hydrogens (tertiary/aromatic N) is 2. The third kappa shape index (κ3) is 3.38. The maximum Gasteiger partial charge on any atom is 0.322 e. The second-order valence-corrected chi connectivity index (χ2v) is 5.37. The number of carbonyl (C=O) groups excluding carboxylic acids is 1. The molecule has 2 rings (SSSR count). The maximum absolute atomic E-state index is 12.1. The molecule has 1 aliphatic rings. The van der Waals surface area contributed by atoms with Crippen LogP contribution in [0, 0.1) is 16.0 Å². The summed E-state index contributed by atoms with van der Waals surface area (Å²) in [5, 5.41) is 29.8. The first-order valence-electron chi connectivity index (χ1n) is 7.22. The molecular formula is C13H20N4O4. The van der Waals surface area contributed by atoms with Crippen LogP contribution in [0.3, 0.4) is 0 Å². The van der Waals surface area contributed by atoms with Crippen LogP contribution in [0.1, 0.15) is 48.8 Å². The zero-order valence-corrected chi connectivity index (χ0v) is 12.0. The Kier molecular flexibility index (Phi) is 4.89. The Morgan fingerprint density at radius 1 is 1.57 bits per heavy atom. The topological polar surface area (TPSA) is 121 Å². The van der Waals surface area contributed by atoms with Gasteiger partial charge in [0, 0.05) is 12.5 Å². The molecule has 1 heterocycles. The maximum atomic E-state index is 12.1. The summed E-state index contributed by atoms with van der Waals surface area (Å²) in [6.45, 7) is 2.21. The molecule has 3 N–H and O–H groups in total. The van der Waals surface area contributed by atoms with Crippen LogP contribution in [-0.2, 0) is 6.42 Å². The molecule has 0 aromatic carbocycles. The van der Waals surface area contributed by atoms with E-state index in [1.807, 2.05) is 6.92 Å². The van der Waals surface area contributed by atoms with Crippen molar-refractivity contribution >= 4 is 11.6 Å². The van der Waals surface area contributed by atoms with E-state index in [1.54, 1.807) is 0 Å². The van der Waals surface area contributed by atoms with Gasteiger partial charge in [0.25, 0.3) is 5.91 Å². The normalized spacial score (nSPS) is 21.4. The minimum absolute atomic E-state index is 0.0158. The summed E-state index contributed by atoms with van der Waals surface area (Å²) in [7, 11) is 0. The average Bonchev–Trinajstić information content (AvgIpc) is 3.03. The zero-order valence-electron chi connectivity index (χ0n) is 12.0. The number of aromatic nitrogens is 2. The zero-order chi connectivity index (χ0) is 15.4. The number of nitrogens with one attached hydrogen (secondary N) is 2. The van der Waals surface area contributed by atoms with Gasteiger partial charge in [-0.25, -0.2) is 0 Å². The van der Waals surface area contributed by atoms with Crippen molar-refractivity contribution in [3.63, 3.8) is 0 Å². The number of hydrogen-bond acceptors (Lipinski definition) is 5.